The van der Waals surface area contributed by atoms with Crippen LogP contribution in [0.5, 0.6) is 5.75 Å². The molecule has 1 aromatic heterocycles. The van der Waals surface area contributed by atoms with E-state index in [1.54, 1.807) is 36.7 Å². The molecule has 3 aromatic rings. The number of carbonyl (C=O) groups is 2. The van der Waals surface area contributed by atoms with Gasteiger partial charge in [0.25, 0.3) is 5.69 Å². The second kappa shape index (κ2) is 9.88. The number of non-ortho nitro benzene ring substituents is 1. The Morgan fingerprint density at radius 3 is 2.66 bits per heavy atom. The summed E-state index contributed by atoms with van der Waals surface area (Å²) < 4.78 is 10.7. The van der Waals surface area contributed by atoms with Crippen LogP contribution in [-0.2, 0) is 16.1 Å². The summed E-state index contributed by atoms with van der Waals surface area (Å²) in [6.45, 7) is 1.24. The van der Waals surface area contributed by atoms with E-state index in [1.807, 2.05) is 0 Å². The molecule has 0 radical (unpaired) electrons. The average Bonchev–Trinajstić information content (AvgIpc) is 3.25. The normalized spacial score (nSPS) is 10.3. The number of carbonyl (C=O) groups excluding carboxylic acids is 2. The molecule has 1 heterocycles. The fourth-order valence-corrected chi connectivity index (χ4v) is 3.80. The number of nitrogens with one attached hydrogen (secondary N) is 1. The lowest BCUT2D eigenvalue weighted by Crippen LogP contribution is -2.23. The molecule has 0 saturated carbocycles. The number of rotatable bonds is 8. The molecule has 0 saturated heterocycles. The number of methoxy groups -OCH3 is 1. The number of aromatic nitrogens is 1. The molecule has 1 N–H and O–H groups in total. The largest absolute Gasteiger partial charge is 0.495 e. The van der Waals surface area contributed by atoms with Crippen LogP contribution in [0.1, 0.15) is 23.0 Å². The number of benzene rings is 2. The van der Waals surface area contributed by atoms with Gasteiger partial charge in [-0.2, -0.15) is 0 Å². The number of hydrogen-bond acceptors (Lipinski definition) is 9. The van der Waals surface area contributed by atoms with Gasteiger partial charge in [-0.1, -0.05) is 12.1 Å². The summed E-state index contributed by atoms with van der Waals surface area (Å²) in [5.74, 6) is -0.487. The smallest absolute Gasteiger partial charge is 0.340 e. The van der Waals surface area contributed by atoms with E-state index in [9.17, 15) is 19.7 Å². The number of nitro groups is 1. The number of ether oxygens (including phenoxy) is 2. The minimum absolute atomic E-state index is 0.0385. The molecule has 0 fully saturated rings. The number of nitrogens with zero attached hydrogens (tertiary/aromatic N) is 3. The standard InChI is InChI=1S/C21H20N4O6S/c1-13(26)24(18-6-4-5-7-19(18)30-3)21-23-14(12-32-21)11-31-20(27)16-10-15(25(28)29)8-9-17(16)22-2/h4-10,12,22H,11H2,1-3H3. The number of para-hydroxylation sites is 2. The maximum atomic E-state index is 12.5. The van der Waals surface area contributed by atoms with E-state index in [-0.39, 0.29) is 23.8 Å². The molecule has 0 unspecified atom stereocenters. The van der Waals surface area contributed by atoms with Crippen molar-refractivity contribution in [1.82, 2.24) is 4.98 Å². The Labute approximate surface area is 187 Å². The van der Waals surface area contributed by atoms with E-state index in [0.717, 1.165) is 6.07 Å². The molecule has 0 aliphatic rings. The molecule has 11 heteroatoms. The minimum atomic E-state index is -0.735. The lowest BCUT2D eigenvalue weighted by Gasteiger charge is -2.20. The predicted molar refractivity (Wildman–Crippen MR) is 120 cm³/mol. The van der Waals surface area contributed by atoms with E-state index in [0.29, 0.717) is 27.9 Å². The highest BCUT2D eigenvalue weighted by Gasteiger charge is 2.22. The molecule has 0 atom stereocenters. The quantitative estimate of drug-likeness (QED) is 0.305. The molecule has 2 aromatic carbocycles. The van der Waals surface area contributed by atoms with Crippen molar-refractivity contribution in [1.29, 1.82) is 0 Å². The Balaban J connectivity index is 1.79. The van der Waals surface area contributed by atoms with Crippen molar-refractivity contribution in [3.63, 3.8) is 0 Å². The van der Waals surface area contributed by atoms with E-state index < -0.39 is 10.9 Å². The van der Waals surface area contributed by atoms with Gasteiger partial charge in [0.15, 0.2) is 5.13 Å². The molecule has 0 aliphatic heterocycles. The van der Waals surface area contributed by atoms with Gasteiger partial charge in [0.1, 0.15) is 12.4 Å². The Kier molecular flexibility index (Phi) is 7.00. The lowest BCUT2D eigenvalue weighted by molar-refractivity contribution is -0.384. The second-order valence-corrected chi connectivity index (χ2v) is 7.30. The van der Waals surface area contributed by atoms with Crippen LogP contribution < -0.4 is 15.0 Å². The number of anilines is 3. The summed E-state index contributed by atoms with van der Waals surface area (Å²) in [5, 5.41) is 15.9. The van der Waals surface area contributed by atoms with E-state index >= 15 is 0 Å². The van der Waals surface area contributed by atoms with Gasteiger partial charge in [-0.25, -0.2) is 9.78 Å². The molecule has 3 rings (SSSR count). The zero-order chi connectivity index (χ0) is 23.3. The van der Waals surface area contributed by atoms with Crippen LogP contribution in [0.3, 0.4) is 0 Å². The number of thiazole rings is 1. The van der Waals surface area contributed by atoms with Crippen LogP contribution in [-0.4, -0.2) is 35.9 Å². The molecule has 166 valence electrons. The zero-order valence-corrected chi connectivity index (χ0v) is 18.3. The fraction of sp³-hybridized carbons (Fsp3) is 0.190. The van der Waals surface area contributed by atoms with Crippen LogP contribution in [0.4, 0.5) is 22.2 Å². The van der Waals surface area contributed by atoms with Gasteiger partial charge < -0.3 is 14.8 Å². The maximum Gasteiger partial charge on any atom is 0.340 e. The summed E-state index contributed by atoms with van der Waals surface area (Å²) in [5.41, 5.74) is 1.18. The summed E-state index contributed by atoms with van der Waals surface area (Å²) >= 11 is 1.21. The second-order valence-electron chi connectivity index (χ2n) is 6.46. The highest BCUT2D eigenvalue weighted by Crippen LogP contribution is 2.35. The molecular weight excluding hydrogens is 436 g/mol. The van der Waals surface area contributed by atoms with Gasteiger partial charge >= 0.3 is 5.97 Å². The average molecular weight is 456 g/mol. The highest BCUT2D eigenvalue weighted by atomic mass is 32.1. The molecule has 0 spiro atoms. The van der Waals surface area contributed by atoms with E-state index in [4.69, 9.17) is 9.47 Å². The lowest BCUT2D eigenvalue weighted by atomic mass is 10.1. The van der Waals surface area contributed by atoms with Crippen molar-refractivity contribution in [2.75, 3.05) is 24.4 Å². The SMILES string of the molecule is CNc1ccc([N+](=O)[O-])cc1C(=O)OCc1csc(N(C(C)=O)c2ccccc2OC)n1. The predicted octanol–water partition coefficient (Wildman–Crippen LogP) is 4.14. The van der Waals surface area contributed by atoms with Crippen molar-refractivity contribution >= 4 is 45.4 Å². The fourth-order valence-electron chi connectivity index (χ4n) is 2.94. The van der Waals surface area contributed by atoms with Gasteiger partial charge in [0, 0.05) is 37.2 Å². The van der Waals surface area contributed by atoms with E-state index in [1.165, 1.54) is 42.4 Å². The molecule has 0 bridgehead atoms. The van der Waals surface area contributed by atoms with Gasteiger partial charge in [-0.05, 0) is 18.2 Å². The van der Waals surface area contributed by atoms with Gasteiger partial charge in [-0.15, -0.1) is 11.3 Å². The third kappa shape index (κ3) is 4.83. The van der Waals surface area contributed by atoms with Gasteiger partial charge in [0.2, 0.25) is 5.91 Å². The molecule has 1 amide bonds. The first-order valence-electron chi connectivity index (χ1n) is 9.37. The summed E-state index contributed by atoms with van der Waals surface area (Å²) in [7, 11) is 3.11. The number of amides is 1. The first kappa shape index (κ1) is 22.7. The molecule has 32 heavy (non-hydrogen) atoms. The van der Waals surface area contributed by atoms with Crippen LogP contribution in [0, 0.1) is 10.1 Å². The summed E-state index contributed by atoms with van der Waals surface area (Å²) in [6.07, 6.45) is 0. The van der Waals surface area contributed by atoms with Crippen molar-refractivity contribution in [2.24, 2.45) is 0 Å². The van der Waals surface area contributed by atoms with Crippen molar-refractivity contribution in [3.05, 3.63) is 69.2 Å². The zero-order valence-electron chi connectivity index (χ0n) is 17.5. The first-order valence-corrected chi connectivity index (χ1v) is 10.2. The van der Waals surface area contributed by atoms with Crippen LogP contribution >= 0.6 is 11.3 Å². The maximum absolute atomic E-state index is 12.5. The Morgan fingerprint density at radius 1 is 1.25 bits per heavy atom. The van der Waals surface area contributed by atoms with Crippen molar-refractivity contribution in [2.45, 2.75) is 13.5 Å². The van der Waals surface area contributed by atoms with Crippen LogP contribution in [0.2, 0.25) is 0 Å². The van der Waals surface area contributed by atoms with E-state index in [2.05, 4.69) is 10.3 Å². The van der Waals surface area contributed by atoms with Crippen LogP contribution in [0.15, 0.2) is 47.8 Å². The van der Waals surface area contributed by atoms with Gasteiger partial charge in [-0.3, -0.25) is 19.8 Å². The number of esters is 1. The minimum Gasteiger partial charge on any atom is -0.495 e. The number of hydrogen-bond donors (Lipinski definition) is 1. The Hall–Kier alpha value is -3.99. The third-order valence-electron chi connectivity index (χ3n) is 4.43. The summed E-state index contributed by atoms with van der Waals surface area (Å²) in [6, 6.07) is 10.9. The summed E-state index contributed by atoms with van der Waals surface area (Å²) in [4.78, 5) is 41.1. The molecule has 0 aliphatic carbocycles. The van der Waals surface area contributed by atoms with Crippen LogP contribution in [0.25, 0.3) is 0 Å². The monoisotopic (exact) mass is 456 g/mol. The Bertz CT molecular complexity index is 1160. The third-order valence-corrected chi connectivity index (χ3v) is 5.30. The highest BCUT2D eigenvalue weighted by molar-refractivity contribution is 7.14. The molecular formula is C21H20N4O6S. The first-order chi connectivity index (χ1) is 15.3. The number of nitro benzene ring substituents is 1. The topological polar surface area (TPSA) is 124 Å². The van der Waals surface area contributed by atoms with Gasteiger partial charge in [0.05, 0.1) is 29.0 Å². The molecule has 10 nitrogen and oxygen atoms in total. The van der Waals surface area contributed by atoms with Crippen molar-refractivity contribution < 1.29 is 24.0 Å². The van der Waals surface area contributed by atoms with Crippen molar-refractivity contribution in [3.8, 4) is 5.75 Å². The Morgan fingerprint density at radius 2 is 2.00 bits per heavy atom.